The molecule has 41 heteroatoms. The van der Waals surface area contributed by atoms with E-state index in [0.29, 0.717) is 38.0 Å². The van der Waals surface area contributed by atoms with Gasteiger partial charge in [-0.15, -0.1) is 0 Å². The molecule has 6 aromatic rings. The molecule has 25 nitrogen and oxygen atoms in total. The van der Waals surface area contributed by atoms with Crippen LogP contribution in [0.2, 0.25) is 0 Å². The van der Waals surface area contributed by atoms with Gasteiger partial charge in [-0.2, -0.15) is 64.4 Å². The van der Waals surface area contributed by atoms with Crippen LogP contribution >= 0.6 is 0 Å². The number of halogens is 12. The van der Waals surface area contributed by atoms with Crippen LogP contribution in [0.3, 0.4) is 0 Å². The van der Waals surface area contributed by atoms with Gasteiger partial charge in [0.05, 0.1) is 41.5 Å². The van der Waals surface area contributed by atoms with Crippen molar-refractivity contribution >= 4 is 58.4 Å². The highest BCUT2D eigenvalue weighted by molar-refractivity contribution is 7.87. The summed E-state index contributed by atoms with van der Waals surface area (Å²) in [6.07, 6.45) is -5.17. The Balaban J connectivity index is 0.00000132. The summed E-state index contributed by atoms with van der Waals surface area (Å²) in [5.41, 5.74) is 17.5. The normalized spacial score (nSPS) is 13.4. The number of hydrogen-bond acceptors (Lipinski definition) is 18. The van der Waals surface area contributed by atoms with Crippen molar-refractivity contribution in [2.75, 3.05) is 57.3 Å². The van der Waals surface area contributed by atoms with Crippen LogP contribution in [0, 0.1) is 11.6 Å². The standard InChI is InChI=1S/C18H22FNO3S.C17H17F2NO2.C13H18F3NO3S.C12H18FNO3S.C4H8FNO2.C3H7F2NO3S.C3H5F2NO2/c1-14(16-7-9-17(19)10-8-16)20-12-11-18(24(21,22)23)13-15-5-3-2-4-6-15;18-17(19,16(21)22)13-20(11-14-7-3-1-4-8-14)12-15-9-5-2-6-10-15;1-12(2,17-8-3-9-21(18,19)20)10-4-6-11(7-5-10)13(14,15)16;1-9(18(15,16)17)7-8-14-10(2)11-3-5-12(13)6-4-11;5-3(1-2-6)4(7)8;4-3(5,1-6)2-10(7,8)9;4-3(5,1-6)2(7)8/h2-10,14,18,20H,11-13H2,1H3,(H,21,22,23);1-10H,11-13H2,(H,21,22);4-7,17H,3,8-9H2,1-2H3,(H,18,19,20);3-6,9-10,14H,7-8H2,1-2H3,(H,15,16,17);3H,1-2,6H2,(H,7,8);1-2,6H2,(H,7,8,9);1,6H2,(H,7,8)/t14-,18?;;;9?,10-;;;/m0..0.../s1. The summed E-state index contributed by atoms with van der Waals surface area (Å²) in [4.78, 5) is 31.2. The third kappa shape index (κ3) is 47.4. The van der Waals surface area contributed by atoms with Crippen LogP contribution in [0.1, 0.15) is 111 Å². The van der Waals surface area contributed by atoms with Gasteiger partial charge in [-0.05, 0) is 156 Å². The number of carboxylic acid groups (broad SMARTS) is 3. The number of benzene rings is 6. The van der Waals surface area contributed by atoms with Crippen LogP contribution in [-0.2, 0) is 86.1 Å². The predicted octanol–water partition coefficient (Wildman–Crippen LogP) is 10.6. The number of carbonyl (C=O) groups is 3. The number of alkyl halides is 10. The Kier molecular flexibility index (Phi) is 45.6. The third-order valence-electron chi connectivity index (χ3n) is 15.2. The van der Waals surface area contributed by atoms with E-state index >= 15 is 0 Å². The Bertz CT molecular complexity index is 4110. The SMILES string of the molecule is CC(C)(NCCCS(=O)(=O)O)c1ccc(C(F)(F)F)cc1.CC(CCN[C@@H](C)c1ccc(F)cc1)S(=O)(=O)O.C[C@H](NCCC(Cc1ccccc1)S(=O)(=O)O)c1ccc(F)cc1.NCC(F)(F)C(=O)O.NCC(F)(F)CS(=O)(=O)O.NCCC(F)C(=O)O.O=C(O)C(F)(F)CN(Cc1ccccc1)Cc1ccccc1. The Morgan fingerprint density at radius 1 is 0.495 bits per heavy atom. The van der Waals surface area contributed by atoms with E-state index < -0.39 is 135 Å². The first-order valence-electron chi connectivity index (χ1n) is 33.2. The lowest BCUT2D eigenvalue weighted by Crippen LogP contribution is -2.41. The fourth-order valence-electron chi connectivity index (χ4n) is 8.80. The number of aliphatic carboxylic acids is 3. The van der Waals surface area contributed by atoms with Crippen LogP contribution in [-0.4, -0.2) is 182 Å². The smallest absolute Gasteiger partial charge is 0.416 e. The number of carboxylic acids is 3. The second kappa shape index (κ2) is 49.0. The summed E-state index contributed by atoms with van der Waals surface area (Å²) in [5.74, 6) is -19.3. The number of nitrogens with zero attached hydrogens (tertiary/aromatic N) is 1. The summed E-state index contributed by atoms with van der Waals surface area (Å²) in [7, 11) is -16.7. The average Bonchev–Trinajstić information content (AvgIpc) is 0.831. The molecule has 6 aromatic carbocycles. The predicted molar refractivity (Wildman–Crippen MR) is 393 cm³/mol. The van der Waals surface area contributed by atoms with E-state index in [-0.39, 0.29) is 68.4 Å². The number of nitrogens with one attached hydrogen (secondary N) is 3. The Hall–Kier alpha value is -7.75. The van der Waals surface area contributed by atoms with Crippen molar-refractivity contribution in [1.82, 2.24) is 20.9 Å². The van der Waals surface area contributed by atoms with Crippen LogP contribution in [0.25, 0.3) is 0 Å². The van der Waals surface area contributed by atoms with Gasteiger partial charge in [-0.3, -0.25) is 23.1 Å². The lowest BCUT2D eigenvalue weighted by atomic mass is 9.93. The minimum atomic E-state index is -4.62. The molecule has 0 aromatic heterocycles. The molecule has 0 heterocycles. The highest BCUT2D eigenvalue weighted by atomic mass is 32.2. The molecule has 5 atom stereocenters. The summed E-state index contributed by atoms with van der Waals surface area (Å²) in [5, 5.41) is 31.9. The Morgan fingerprint density at radius 3 is 1.20 bits per heavy atom. The summed E-state index contributed by atoms with van der Waals surface area (Å²) in [6, 6.07) is 44.6. The van der Waals surface area contributed by atoms with E-state index in [4.69, 9.17) is 34.7 Å². The minimum absolute atomic E-state index is 0.000744. The minimum Gasteiger partial charge on any atom is -0.479 e. The highest BCUT2D eigenvalue weighted by Gasteiger charge is 2.41. The molecule has 0 aliphatic heterocycles. The molecule has 111 heavy (non-hydrogen) atoms. The van der Waals surface area contributed by atoms with Gasteiger partial charge in [0.25, 0.3) is 46.4 Å². The van der Waals surface area contributed by atoms with Crippen LogP contribution in [0.5, 0.6) is 0 Å². The maximum atomic E-state index is 13.6. The lowest BCUT2D eigenvalue weighted by Gasteiger charge is -2.27. The maximum absolute atomic E-state index is 13.6. The molecule has 0 aliphatic rings. The topological polar surface area (TPSA) is 447 Å². The van der Waals surface area contributed by atoms with Crippen molar-refractivity contribution in [3.05, 3.63) is 214 Å². The van der Waals surface area contributed by atoms with E-state index in [1.807, 2.05) is 105 Å². The lowest BCUT2D eigenvalue weighted by molar-refractivity contribution is -0.168. The van der Waals surface area contributed by atoms with Gasteiger partial charge >= 0.3 is 35.9 Å². The van der Waals surface area contributed by atoms with E-state index in [1.165, 1.54) is 48.2 Å². The Morgan fingerprint density at radius 2 is 0.892 bits per heavy atom. The maximum Gasteiger partial charge on any atom is 0.416 e. The van der Waals surface area contributed by atoms with Crippen LogP contribution in [0.4, 0.5) is 52.7 Å². The zero-order chi connectivity index (χ0) is 85.4. The first-order chi connectivity index (χ1) is 51.0. The fraction of sp³-hybridized carbons (Fsp3) is 0.443. The molecule has 0 fully saturated rings. The molecular weight excluding hydrogens is 1580 g/mol. The fourth-order valence-corrected chi connectivity index (χ4v) is 11.2. The van der Waals surface area contributed by atoms with Gasteiger partial charge in [0, 0.05) is 37.1 Å². The molecular formula is C70H95F12N7O18S4. The second-order valence-corrected chi connectivity index (χ2v) is 31.5. The molecule has 6 rings (SSSR count). The van der Waals surface area contributed by atoms with Crippen LogP contribution in [0.15, 0.2) is 164 Å². The van der Waals surface area contributed by atoms with E-state index in [1.54, 1.807) is 38.1 Å². The monoisotopic (exact) mass is 1680 g/mol. The van der Waals surface area contributed by atoms with E-state index in [2.05, 4.69) is 27.4 Å². The molecule has 16 N–H and O–H groups in total. The summed E-state index contributed by atoms with van der Waals surface area (Å²) in [6.45, 7) is 7.58. The van der Waals surface area contributed by atoms with Gasteiger partial charge in [0.1, 0.15) is 17.4 Å². The molecule has 0 bridgehead atoms. The second-order valence-electron chi connectivity index (χ2n) is 25.0. The molecule has 0 amide bonds. The quantitative estimate of drug-likeness (QED) is 0.00998. The molecule has 0 saturated heterocycles. The third-order valence-corrected chi connectivity index (χ3v) is 19.2. The zero-order valence-electron chi connectivity index (χ0n) is 60.8. The van der Waals surface area contributed by atoms with Crippen molar-refractivity contribution in [2.24, 2.45) is 17.2 Å². The van der Waals surface area contributed by atoms with Gasteiger partial charge in [-0.25, -0.2) is 36.3 Å². The molecule has 0 saturated carbocycles. The molecule has 0 radical (unpaired) electrons. The van der Waals surface area contributed by atoms with Crippen molar-refractivity contribution in [3.8, 4) is 0 Å². The Labute approximate surface area is 637 Å². The average molecular weight is 1680 g/mol. The van der Waals surface area contributed by atoms with Gasteiger partial charge < -0.3 is 48.5 Å². The first-order valence-corrected chi connectivity index (χ1v) is 39.4. The van der Waals surface area contributed by atoms with Crippen LogP contribution < -0.4 is 33.2 Å². The summed E-state index contributed by atoms with van der Waals surface area (Å²) < 4.78 is 270. The molecule has 0 spiro atoms. The highest BCUT2D eigenvalue weighted by Crippen LogP contribution is 2.31. The first kappa shape index (κ1) is 103. The van der Waals surface area contributed by atoms with Crippen molar-refractivity contribution in [3.63, 3.8) is 0 Å². The summed E-state index contributed by atoms with van der Waals surface area (Å²) >= 11 is 0. The molecule has 3 unspecified atom stereocenters. The zero-order valence-corrected chi connectivity index (χ0v) is 64.0. The van der Waals surface area contributed by atoms with E-state index in [0.717, 1.165) is 39.9 Å². The number of hydrogen-bond donors (Lipinski definition) is 13. The largest absolute Gasteiger partial charge is 0.479 e. The molecule has 626 valence electrons. The van der Waals surface area contributed by atoms with Crippen molar-refractivity contribution < 1.29 is 134 Å². The number of nitrogens with two attached hydrogens (primary N) is 3. The van der Waals surface area contributed by atoms with Gasteiger partial charge in [0.2, 0.25) is 0 Å². The van der Waals surface area contributed by atoms with Gasteiger partial charge in [0.15, 0.2) is 6.17 Å². The van der Waals surface area contributed by atoms with Crippen molar-refractivity contribution in [2.45, 2.75) is 138 Å². The van der Waals surface area contributed by atoms with Gasteiger partial charge in [-0.1, -0.05) is 127 Å². The van der Waals surface area contributed by atoms with E-state index in [9.17, 15) is 105 Å². The number of rotatable bonds is 35. The van der Waals surface area contributed by atoms with Crippen molar-refractivity contribution in [1.29, 1.82) is 0 Å². The molecule has 0 aliphatic carbocycles.